The molecule has 0 radical (unpaired) electrons. The minimum atomic E-state index is -0.736. The average Bonchev–Trinajstić information content (AvgIpc) is 3.17. The minimum Gasteiger partial charge on any atom is -0.346 e. The molecule has 6 nitrogen and oxygen atoms in total. The summed E-state index contributed by atoms with van der Waals surface area (Å²) in [7, 11) is 0. The van der Waals surface area contributed by atoms with Crippen molar-refractivity contribution in [2.45, 2.75) is 31.3 Å². The molecule has 1 aliphatic carbocycles. The molecule has 142 valence electrons. The molecular weight excluding hydrogens is 366 g/mol. The maximum absolute atomic E-state index is 14.1. The van der Waals surface area contributed by atoms with Crippen molar-refractivity contribution in [2.24, 2.45) is 0 Å². The van der Waals surface area contributed by atoms with Gasteiger partial charge in [-0.05, 0) is 42.7 Å². The summed E-state index contributed by atoms with van der Waals surface area (Å²) >= 11 is 0. The summed E-state index contributed by atoms with van der Waals surface area (Å²) in [6.07, 6.45) is 1.77. The van der Waals surface area contributed by atoms with E-state index in [1.54, 1.807) is 19.1 Å². The molecule has 3 atom stereocenters. The molecule has 28 heavy (non-hydrogen) atoms. The first-order valence-electron chi connectivity index (χ1n) is 8.83. The Kier molecular flexibility index (Phi) is 4.30. The van der Waals surface area contributed by atoms with Crippen molar-refractivity contribution >= 4 is 11.8 Å². The van der Waals surface area contributed by atoms with Gasteiger partial charge in [0.15, 0.2) is 0 Å². The van der Waals surface area contributed by atoms with Crippen LogP contribution in [0.1, 0.15) is 53.7 Å². The van der Waals surface area contributed by atoms with Gasteiger partial charge in [-0.15, -0.1) is 0 Å². The van der Waals surface area contributed by atoms with Gasteiger partial charge in [0.2, 0.25) is 11.8 Å². The van der Waals surface area contributed by atoms with E-state index in [0.717, 1.165) is 17.2 Å². The second kappa shape index (κ2) is 6.68. The highest BCUT2D eigenvalue weighted by molar-refractivity contribution is 5.93. The zero-order chi connectivity index (χ0) is 20.0. The molecule has 4 rings (SSSR count). The molecule has 0 unspecified atom stereocenters. The molecule has 1 fully saturated rings. The lowest BCUT2D eigenvalue weighted by molar-refractivity contribution is -0.136. The Hall–Kier alpha value is -3.34. The molecular formula is C20H16F2N4O2. The number of likely N-dealkylation sites (tertiary alicyclic amines) is 1. The third-order valence-electron chi connectivity index (χ3n) is 5.30. The molecule has 1 N–H and O–H groups in total. The molecule has 1 saturated heterocycles. The summed E-state index contributed by atoms with van der Waals surface area (Å²) in [4.78, 5) is 30.3. The van der Waals surface area contributed by atoms with Crippen LogP contribution in [0.4, 0.5) is 8.78 Å². The number of benzene rings is 1. The predicted molar refractivity (Wildman–Crippen MR) is 93.7 cm³/mol. The molecule has 1 aromatic carbocycles. The van der Waals surface area contributed by atoms with Gasteiger partial charge in [0, 0.05) is 6.20 Å². The monoisotopic (exact) mass is 382 g/mol. The Morgan fingerprint density at radius 3 is 2.89 bits per heavy atom. The third kappa shape index (κ3) is 2.89. The van der Waals surface area contributed by atoms with E-state index in [9.17, 15) is 18.4 Å². The van der Waals surface area contributed by atoms with Crippen molar-refractivity contribution in [1.82, 2.24) is 15.2 Å². The Morgan fingerprint density at radius 2 is 2.18 bits per heavy atom. The van der Waals surface area contributed by atoms with Crippen LogP contribution in [-0.4, -0.2) is 28.2 Å². The maximum atomic E-state index is 14.1. The lowest BCUT2D eigenvalue weighted by Gasteiger charge is -2.29. The van der Waals surface area contributed by atoms with E-state index in [1.165, 1.54) is 23.2 Å². The molecule has 2 heterocycles. The van der Waals surface area contributed by atoms with Gasteiger partial charge in [0.05, 0.1) is 29.3 Å². The summed E-state index contributed by atoms with van der Waals surface area (Å²) in [5.74, 6) is -2.03. The van der Waals surface area contributed by atoms with Crippen LogP contribution >= 0.6 is 0 Å². The van der Waals surface area contributed by atoms with E-state index in [-0.39, 0.29) is 41.5 Å². The van der Waals surface area contributed by atoms with E-state index < -0.39 is 17.8 Å². The van der Waals surface area contributed by atoms with E-state index in [0.29, 0.717) is 6.42 Å². The highest BCUT2D eigenvalue weighted by Gasteiger charge is 2.49. The zero-order valence-corrected chi connectivity index (χ0v) is 14.9. The first-order valence-corrected chi connectivity index (χ1v) is 8.83. The van der Waals surface area contributed by atoms with Crippen LogP contribution in [0.3, 0.4) is 0 Å². The van der Waals surface area contributed by atoms with Gasteiger partial charge in [0.25, 0.3) is 0 Å². The molecule has 2 aliphatic rings. The number of nitriles is 1. The van der Waals surface area contributed by atoms with Gasteiger partial charge in [-0.25, -0.2) is 8.78 Å². The number of rotatable bonds is 4. The first-order chi connectivity index (χ1) is 13.4. The number of carbonyl (C=O) groups is 2. The second-order valence-electron chi connectivity index (χ2n) is 7.04. The molecule has 0 saturated carbocycles. The Morgan fingerprint density at radius 1 is 1.39 bits per heavy atom. The van der Waals surface area contributed by atoms with Crippen molar-refractivity contribution in [3.8, 4) is 6.07 Å². The second-order valence-corrected chi connectivity index (χ2v) is 7.04. The standard InChI is InChI=1S/C20H16F2N4O2/c1-10(19-16(22)4-11(7-23)8-24-19)25-18(27)9-26-17-6-15(20(26)28)13-3-2-12(21)5-14(13)17/h2-5,8,10,15,17H,6,9H2,1H3,(H,25,27)/t10-,15-,17+/m0/s1. The first kappa shape index (κ1) is 18.0. The zero-order valence-electron chi connectivity index (χ0n) is 14.9. The SMILES string of the molecule is C[C@H](NC(=O)CN1C(=O)[C@H]2C[C@@H]1c1cc(F)ccc12)c1ncc(C#N)cc1F. The van der Waals surface area contributed by atoms with Crippen molar-refractivity contribution < 1.29 is 18.4 Å². The number of aromatic nitrogens is 1. The van der Waals surface area contributed by atoms with Crippen LogP contribution in [0.2, 0.25) is 0 Å². The molecule has 0 spiro atoms. The summed E-state index contributed by atoms with van der Waals surface area (Å²) in [5, 5.41) is 11.4. The number of nitrogens with one attached hydrogen (secondary N) is 1. The summed E-state index contributed by atoms with van der Waals surface area (Å²) in [6.45, 7) is 1.37. The lowest BCUT2D eigenvalue weighted by atomic mass is 9.98. The van der Waals surface area contributed by atoms with Gasteiger partial charge in [0.1, 0.15) is 24.2 Å². The van der Waals surface area contributed by atoms with E-state index >= 15 is 0 Å². The maximum Gasteiger partial charge on any atom is 0.240 e. The van der Waals surface area contributed by atoms with E-state index in [1.807, 2.05) is 0 Å². The van der Waals surface area contributed by atoms with Crippen LogP contribution < -0.4 is 5.32 Å². The molecule has 2 amide bonds. The van der Waals surface area contributed by atoms with Crippen LogP contribution in [0.25, 0.3) is 0 Å². The normalized spacial score (nSPS) is 20.6. The molecule has 2 aromatic rings. The predicted octanol–water partition coefficient (Wildman–Crippen LogP) is 2.48. The number of halogens is 2. The van der Waals surface area contributed by atoms with Gasteiger partial charge in [-0.2, -0.15) is 5.26 Å². The third-order valence-corrected chi connectivity index (χ3v) is 5.30. The fourth-order valence-electron chi connectivity index (χ4n) is 4.04. The summed E-state index contributed by atoms with van der Waals surface area (Å²) < 4.78 is 27.6. The quantitative estimate of drug-likeness (QED) is 0.880. The largest absolute Gasteiger partial charge is 0.346 e. The van der Waals surface area contributed by atoms with Crippen molar-refractivity contribution in [1.29, 1.82) is 5.26 Å². The Bertz CT molecular complexity index is 1030. The fraction of sp³-hybridized carbons (Fsp3) is 0.300. The van der Waals surface area contributed by atoms with Crippen molar-refractivity contribution in [3.05, 3.63) is 64.5 Å². The lowest BCUT2D eigenvalue weighted by Crippen LogP contribution is -2.42. The number of hydrogen-bond acceptors (Lipinski definition) is 4. The number of carbonyl (C=O) groups excluding carboxylic acids is 2. The molecule has 1 aliphatic heterocycles. The van der Waals surface area contributed by atoms with Gasteiger partial charge < -0.3 is 10.2 Å². The van der Waals surface area contributed by atoms with Gasteiger partial charge in [-0.1, -0.05) is 6.07 Å². The van der Waals surface area contributed by atoms with Gasteiger partial charge >= 0.3 is 0 Å². The van der Waals surface area contributed by atoms with Gasteiger partial charge in [-0.3, -0.25) is 14.6 Å². The Balaban J connectivity index is 1.46. The number of nitrogens with zero attached hydrogens (tertiary/aromatic N) is 3. The van der Waals surface area contributed by atoms with Crippen LogP contribution in [0.5, 0.6) is 0 Å². The Labute approximate surface area is 159 Å². The fourth-order valence-corrected chi connectivity index (χ4v) is 4.04. The smallest absolute Gasteiger partial charge is 0.240 e. The van der Waals surface area contributed by atoms with E-state index in [2.05, 4.69) is 10.3 Å². The molecule has 2 bridgehead atoms. The van der Waals surface area contributed by atoms with Crippen molar-refractivity contribution in [3.63, 3.8) is 0 Å². The number of fused-ring (bicyclic) bond motifs is 5. The summed E-state index contributed by atoms with van der Waals surface area (Å²) in [6, 6.07) is 6.17. The topological polar surface area (TPSA) is 86.1 Å². The van der Waals surface area contributed by atoms with Crippen LogP contribution in [0, 0.1) is 23.0 Å². The van der Waals surface area contributed by atoms with Crippen molar-refractivity contribution in [2.75, 3.05) is 6.54 Å². The molecule has 1 aromatic heterocycles. The number of pyridine rings is 1. The van der Waals surface area contributed by atoms with Crippen LogP contribution in [0.15, 0.2) is 30.5 Å². The summed E-state index contributed by atoms with van der Waals surface area (Å²) in [5.41, 5.74) is 1.66. The number of amides is 2. The van der Waals surface area contributed by atoms with E-state index in [4.69, 9.17) is 5.26 Å². The van der Waals surface area contributed by atoms with Crippen LogP contribution in [-0.2, 0) is 9.59 Å². The highest BCUT2D eigenvalue weighted by Crippen LogP contribution is 2.50. The minimum absolute atomic E-state index is 0.00837. The highest BCUT2D eigenvalue weighted by atomic mass is 19.1. The number of hydrogen-bond donors (Lipinski definition) is 1. The average molecular weight is 382 g/mol. The molecule has 8 heteroatoms.